The molecule has 2 rings (SSSR count). The van der Waals surface area contributed by atoms with E-state index in [1.807, 2.05) is 26.7 Å². The molecule has 0 spiro atoms. The number of aliphatic hydroxyl groups excluding tert-OH is 2. The number of likely N-dealkylation sites (N-methyl/N-ethyl adjacent to an activating group) is 1. The standard InChI is InChI=1S/C20H28FN4O3.C7H9NO.C3H8.CH2O.K/c1-16(2)23-25(21)13-6-4-5-12-24(3)20(27)19(11-14-26)28-18-9-7-17(15-22)8-10-18;8-7-3-1-6(5-9)2-4-7;1-3-2;1-2;/h7-11,16,26H,4-6,12-14H2,1-3H3;1-4,9H,5,8H2;3H2,1-2H3;1H2;/q-1;;;;+1/b19-11+;;;;. The molecule has 0 aliphatic rings. The van der Waals surface area contributed by atoms with Gasteiger partial charge in [-0.05, 0) is 60.9 Å². The molecule has 0 fully saturated rings. The number of unbranched alkanes of at least 4 members (excludes halogenated alkanes) is 2. The molecule has 43 heavy (non-hydrogen) atoms. The zero-order valence-electron chi connectivity index (χ0n) is 26.5. The first-order valence-corrected chi connectivity index (χ1v) is 13.7. The summed E-state index contributed by atoms with van der Waals surface area (Å²) in [7, 11) is 1.64. The number of carbonyl (C=O) groups excluding carboxylic acids is 2. The van der Waals surface area contributed by atoms with Gasteiger partial charge in [0.15, 0.2) is 5.76 Å². The van der Waals surface area contributed by atoms with Gasteiger partial charge in [-0.15, -0.1) is 6.04 Å². The van der Waals surface area contributed by atoms with Crippen LogP contribution in [0.25, 0.3) is 5.43 Å². The quantitative estimate of drug-likeness (QED) is 0.0582. The number of benzene rings is 2. The van der Waals surface area contributed by atoms with Crippen LogP contribution in [0, 0.1) is 11.3 Å². The SMILES string of the molecule is C=O.CC(C)[N-]N(F)CCCCCN(C)C(=O)/C(=C\CO)Oc1ccc(C#N)cc1.CCC.Nc1ccc(CO)cc1.[K+]. The maximum Gasteiger partial charge on any atom is 1.00 e. The van der Waals surface area contributed by atoms with E-state index in [4.69, 9.17) is 30.7 Å². The Hall–Kier alpha value is -2.18. The number of anilines is 1. The van der Waals surface area contributed by atoms with Crippen LogP contribution in [0.4, 0.5) is 10.2 Å². The summed E-state index contributed by atoms with van der Waals surface area (Å²) in [5.41, 5.74) is 11.3. The van der Waals surface area contributed by atoms with Gasteiger partial charge in [-0.25, -0.2) is 5.23 Å². The molecule has 0 saturated carbocycles. The predicted octanol–water partition coefficient (Wildman–Crippen LogP) is 2.32. The van der Waals surface area contributed by atoms with E-state index in [0.717, 1.165) is 17.7 Å². The van der Waals surface area contributed by atoms with Crippen LogP contribution in [0.15, 0.2) is 60.4 Å². The number of hydrogen-bond donors (Lipinski definition) is 3. The molecule has 234 valence electrons. The van der Waals surface area contributed by atoms with E-state index in [9.17, 15) is 9.28 Å². The second-order valence-electron chi connectivity index (χ2n) is 9.15. The zero-order valence-corrected chi connectivity index (χ0v) is 29.6. The fourth-order valence-electron chi connectivity index (χ4n) is 2.97. The van der Waals surface area contributed by atoms with Gasteiger partial charge in [0, 0.05) is 25.8 Å². The van der Waals surface area contributed by atoms with Crippen molar-refractivity contribution in [1.82, 2.24) is 10.1 Å². The molecule has 0 aliphatic carbocycles. The minimum absolute atomic E-state index is 0. The van der Waals surface area contributed by atoms with Gasteiger partial charge in [-0.3, -0.25) is 4.79 Å². The molecule has 2 aromatic rings. The molecule has 0 radical (unpaired) electrons. The monoisotopic (exact) mass is 627 g/mol. The van der Waals surface area contributed by atoms with E-state index in [-0.39, 0.29) is 88.9 Å². The molecule has 0 atom stereocenters. The third-order valence-electron chi connectivity index (χ3n) is 4.90. The summed E-state index contributed by atoms with van der Waals surface area (Å²) < 4.78 is 18.9. The van der Waals surface area contributed by atoms with E-state index >= 15 is 0 Å². The van der Waals surface area contributed by atoms with E-state index in [1.165, 1.54) is 17.4 Å². The number of nitrogens with zero attached hydrogens (tertiary/aromatic N) is 4. The molecular formula is C31H47FKN5O5. The number of carbonyl (C=O) groups is 2. The zero-order chi connectivity index (χ0) is 32.3. The van der Waals surface area contributed by atoms with Gasteiger partial charge in [0.25, 0.3) is 5.91 Å². The van der Waals surface area contributed by atoms with Crippen molar-refractivity contribution in [3.63, 3.8) is 0 Å². The number of nitrogen functional groups attached to an aromatic ring is 1. The maximum absolute atomic E-state index is 13.3. The van der Waals surface area contributed by atoms with Gasteiger partial charge in [0.2, 0.25) is 0 Å². The Labute approximate surface area is 299 Å². The van der Waals surface area contributed by atoms with Crippen molar-refractivity contribution >= 4 is 18.4 Å². The first kappa shape index (κ1) is 45.2. The fraction of sp³-hybridized carbons (Fsp3) is 0.452. The molecule has 12 heteroatoms. The van der Waals surface area contributed by atoms with Crippen molar-refractivity contribution in [2.45, 2.75) is 66.0 Å². The van der Waals surface area contributed by atoms with Gasteiger partial charge >= 0.3 is 51.4 Å². The number of nitrogens with two attached hydrogens (primary N) is 1. The molecule has 10 nitrogen and oxygen atoms in total. The topological polar surface area (TPSA) is 154 Å². The Kier molecular flexibility index (Phi) is 31.4. The van der Waals surface area contributed by atoms with Crippen molar-refractivity contribution in [2.24, 2.45) is 0 Å². The van der Waals surface area contributed by atoms with Crippen molar-refractivity contribution < 1.29 is 80.4 Å². The number of nitriles is 1. The number of rotatable bonds is 13. The van der Waals surface area contributed by atoms with Crippen LogP contribution in [0.2, 0.25) is 0 Å². The number of hydrogen-bond acceptors (Lipinski definition) is 8. The fourth-order valence-corrected chi connectivity index (χ4v) is 2.97. The van der Waals surface area contributed by atoms with E-state index in [2.05, 4.69) is 19.3 Å². The Morgan fingerprint density at radius 2 is 1.60 bits per heavy atom. The summed E-state index contributed by atoms with van der Waals surface area (Å²) in [5, 5.41) is 27.0. The minimum atomic E-state index is -0.361. The first-order valence-electron chi connectivity index (χ1n) is 13.7. The molecule has 0 aromatic heterocycles. The summed E-state index contributed by atoms with van der Waals surface area (Å²) in [4.78, 5) is 22.0. The van der Waals surface area contributed by atoms with Crippen LogP contribution in [-0.4, -0.2) is 65.8 Å². The van der Waals surface area contributed by atoms with Gasteiger partial charge in [-0.2, -0.15) is 9.74 Å². The summed E-state index contributed by atoms with van der Waals surface area (Å²) in [6.45, 7) is 10.3. The molecule has 1 amide bonds. The molecule has 0 saturated heterocycles. The third kappa shape index (κ3) is 23.9. The summed E-state index contributed by atoms with van der Waals surface area (Å²) in [6.07, 6.45) is 4.64. The largest absolute Gasteiger partial charge is 1.00 e. The van der Waals surface area contributed by atoms with Gasteiger partial charge in [0.1, 0.15) is 12.5 Å². The maximum atomic E-state index is 13.3. The van der Waals surface area contributed by atoms with Gasteiger partial charge < -0.3 is 35.8 Å². The smallest absolute Gasteiger partial charge is 0.562 e. The van der Waals surface area contributed by atoms with Crippen molar-refractivity contribution in [3.05, 3.63) is 76.9 Å². The summed E-state index contributed by atoms with van der Waals surface area (Å²) in [5.74, 6) is 0.0538. The molecule has 2 aromatic carbocycles. The Morgan fingerprint density at radius 3 is 2.07 bits per heavy atom. The number of halogens is 1. The van der Waals surface area contributed by atoms with Crippen LogP contribution >= 0.6 is 0 Å². The summed E-state index contributed by atoms with van der Waals surface area (Å²) >= 11 is 0. The van der Waals surface area contributed by atoms with Crippen molar-refractivity contribution in [1.29, 1.82) is 5.26 Å². The molecule has 0 heterocycles. The first-order chi connectivity index (χ1) is 20.1. The number of ether oxygens (including phenoxy) is 1. The normalized spacial score (nSPS) is 10.0. The van der Waals surface area contributed by atoms with Gasteiger partial charge in [0.05, 0.1) is 24.8 Å². The van der Waals surface area contributed by atoms with Crippen molar-refractivity contribution in [2.75, 3.05) is 32.5 Å². The second-order valence-corrected chi connectivity index (χ2v) is 9.15. The van der Waals surface area contributed by atoms with Crippen LogP contribution < -0.4 is 61.9 Å². The minimum Gasteiger partial charge on any atom is -0.562 e. The summed E-state index contributed by atoms with van der Waals surface area (Å²) in [6, 6.07) is 15.4. The molecule has 0 aliphatic heterocycles. The Bertz CT molecular complexity index is 1030. The number of aliphatic hydroxyl groups is 2. The van der Waals surface area contributed by atoms with E-state index < -0.39 is 0 Å². The number of amides is 1. The average Bonchev–Trinajstić information content (AvgIpc) is 2.98. The van der Waals surface area contributed by atoms with Crippen LogP contribution in [0.5, 0.6) is 5.75 Å². The molecule has 0 unspecified atom stereocenters. The predicted molar refractivity (Wildman–Crippen MR) is 165 cm³/mol. The third-order valence-corrected chi connectivity index (χ3v) is 4.90. The Morgan fingerprint density at radius 1 is 1.07 bits per heavy atom. The van der Waals surface area contributed by atoms with Crippen LogP contribution in [0.1, 0.15) is 64.5 Å². The Balaban J connectivity index is -0.000000882. The van der Waals surface area contributed by atoms with Crippen LogP contribution in [0.3, 0.4) is 0 Å². The molecular weight excluding hydrogens is 580 g/mol. The average molecular weight is 628 g/mol. The van der Waals surface area contributed by atoms with E-state index in [1.54, 1.807) is 55.6 Å². The molecule has 4 N–H and O–H groups in total. The molecule has 0 bridgehead atoms. The second kappa shape index (κ2) is 29.9. The van der Waals surface area contributed by atoms with Crippen molar-refractivity contribution in [3.8, 4) is 11.8 Å². The van der Waals surface area contributed by atoms with Crippen LogP contribution in [-0.2, 0) is 16.2 Å². The van der Waals surface area contributed by atoms with Gasteiger partial charge in [-0.1, -0.05) is 52.7 Å². The van der Waals surface area contributed by atoms with E-state index in [0.29, 0.717) is 35.9 Å².